The van der Waals surface area contributed by atoms with Crippen molar-refractivity contribution in [3.63, 3.8) is 0 Å². The summed E-state index contributed by atoms with van der Waals surface area (Å²) in [5.74, 6) is 2.76. The predicted octanol–water partition coefficient (Wildman–Crippen LogP) is 7.22. The van der Waals surface area contributed by atoms with E-state index in [1.807, 2.05) is 24.3 Å². The van der Waals surface area contributed by atoms with E-state index in [4.69, 9.17) is 18.9 Å². The van der Waals surface area contributed by atoms with Crippen LogP contribution < -0.4 is 18.9 Å². The van der Waals surface area contributed by atoms with Crippen LogP contribution in [0.5, 0.6) is 23.0 Å². The number of pyridine rings is 1. The van der Waals surface area contributed by atoms with Gasteiger partial charge >= 0.3 is 0 Å². The second-order valence-corrected chi connectivity index (χ2v) is 8.78. The summed E-state index contributed by atoms with van der Waals surface area (Å²) in [4.78, 5) is 0. The molecule has 0 aliphatic rings. The Hall–Kier alpha value is -3.64. The topological polar surface area (TPSA) is 41.3 Å². The number of aromatic nitrogens is 1. The van der Waals surface area contributed by atoms with Gasteiger partial charge in [-0.25, -0.2) is 0 Å². The van der Waals surface area contributed by atoms with Gasteiger partial charge in [-0.1, -0.05) is 34.1 Å². The first-order valence-corrected chi connectivity index (χ1v) is 11.5. The second-order valence-electron chi connectivity index (χ2n) is 7.86. The lowest BCUT2D eigenvalue weighted by atomic mass is 9.95. The quantitative estimate of drug-likeness (QED) is 0.238. The third kappa shape index (κ3) is 3.64. The highest BCUT2D eigenvalue weighted by molar-refractivity contribution is 9.10. The summed E-state index contributed by atoms with van der Waals surface area (Å²) in [5, 5.41) is 2.13. The Balaban J connectivity index is 1.90. The van der Waals surface area contributed by atoms with Gasteiger partial charge in [0.25, 0.3) is 0 Å². The fourth-order valence-corrected chi connectivity index (χ4v) is 4.71. The van der Waals surface area contributed by atoms with Gasteiger partial charge < -0.3 is 23.3 Å². The number of halogens is 1. The molecule has 3 aromatic carbocycles. The van der Waals surface area contributed by atoms with E-state index in [1.54, 1.807) is 28.4 Å². The Morgan fingerprint density at radius 2 is 1.26 bits per heavy atom. The third-order valence-corrected chi connectivity index (χ3v) is 6.61. The van der Waals surface area contributed by atoms with Crippen LogP contribution in [-0.4, -0.2) is 32.8 Å². The molecule has 0 aliphatic heterocycles. The van der Waals surface area contributed by atoms with Gasteiger partial charge in [0, 0.05) is 33.4 Å². The summed E-state index contributed by atoms with van der Waals surface area (Å²) in [6.07, 6.45) is 4.25. The molecule has 2 heterocycles. The number of ether oxygens (including phenoxy) is 4. The molecule has 0 radical (unpaired) electrons. The standard InChI is InChI=1S/C28H24BrNO4/c1-31-23-10-7-19(14-24(23)32-2)27-22(17-5-8-20(29)9-6-17)16-30-12-11-18-13-25(33-3)26(34-4)15-21(18)28(27)30/h5-16H,1-4H3. The number of nitrogens with zero attached hydrogens (tertiary/aromatic N) is 1. The van der Waals surface area contributed by atoms with E-state index in [9.17, 15) is 0 Å². The zero-order valence-corrected chi connectivity index (χ0v) is 21.0. The Kier molecular flexibility index (Phi) is 5.84. The molecule has 0 atom stereocenters. The molecule has 5 rings (SSSR count). The van der Waals surface area contributed by atoms with Gasteiger partial charge in [0.05, 0.1) is 34.0 Å². The van der Waals surface area contributed by atoms with Gasteiger partial charge in [0.2, 0.25) is 0 Å². The molecule has 0 saturated heterocycles. The minimum absolute atomic E-state index is 0.681. The smallest absolute Gasteiger partial charge is 0.161 e. The molecule has 0 aliphatic carbocycles. The number of methoxy groups -OCH3 is 4. The molecule has 0 saturated carbocycles. The lowest BCUT2D eigenvalue weighted by Gasteiger charge is -2.13. The van der Waals surface area contributed by atoms with Gasteiger partial charge in [-0.3, -0.25) is 0 Å². The summed E-state index contributed by atoms with van der Waals surface area (Å²) >= 11 is 3.55. The first-order chi connectivity index (χ1) is 16.6. The maximum Gasteiger partial charge on any atom is 0.161 e. The van der Waals surface area contributed by atoms with Crippen LogP contribution >= 0.6 is 15.9 Å². The van der Waals surface area contributed by atoms with Crippen LogP contribution in [0.15, 0.2) is 77.5 Å². The third-order valence-electron chi connectivity index (χ3n) is 6.09. The van der Waals surface area contributed by atoms with Crippen molar-refractivity contribution in [2.75, 3.05) is 28.4 Å². The molecule has 0 spiro atoms. The van der Waals surface area contributed by atoms with Crippen molar-refractivity contribution in [3.8, 4) is 45.3 Å². The summed E-state index contributed by atoms with van der Waals surface area (Å²) in [5.41, 5.74) is 5.43. The van der Waals surface area contributed by atoms with E-state index in [0.29, 0.717) is 23.0 Å². The highest BCUT2D eigenvalue weighted by Crippen LogP contribution is 2.44. The van der Waals surface area contributed by atoms with Crippen LogP contribution in [0.2, 0.25) is 0 Å². The summed E-state index contributed by atoms with van der Waals surface area (Å²) < 4.78 is 25.5. The average Bonchev–Trinajstić information content (AvgIpc) is 3.27. The lowest BCUT2D eigenvalue weighted by molar-refractivity contribution is 0.355. The van der Waals surface area contributed by atoms with Crippen molar-refractivity contribution >= 4 is 32.2 Å². The van der Waals surface area contributed by atoms with Crippen molar-refractivity contribution in [1.29, 1.82) is 0 Å². The SMILES string of the molecule is COc1ccc(-c2c(-c3ccc(Br)cc3)cn3ccc4cc(OC)c(OC)cc4c23)cc1OC. The van der Waals surface area contributed by atoms with Crippen LogP contribution in [0.25, 0.3) is 38.5 Å². The van der Waals surface area contributed by atoms with E-state index >= 15 is 0 Å². The monoisotopic (exact) mass is 517 g/mol. The zero-order chi connectivity index (χ0) is 23.8. The van der Waals surface area contributed by atoms with Crippen molar-refractivity contribution in [2.45, 2.75) is 0 Å². The highest BCUT2D eigenvalue weighted by atomic mass is 79.9. The van der Waals surface area contributed by atoms with E-state index in [-0.39, 0.29) is 0 Å². The van der Waals surface area contributed by atoms with Gasteiger partial charge in [-0.2, -0.15) is 0 Å². The molecular formula is C28H24BrNO4. The van der Waals surface area contributed by atoms with Gasteiger partial charge in [0.1, 0.15) is 0 Å². The normalized spacial score (nSPS) is 11.1. The van der Waals surface area contributed by atoms with E-state index < -0.39 is 0 Å². The number of hydrogen-bond donors (Lipinski definition) is 0. The maximum atomic E-state index is 5.63. The number of benzene rings is 3. The summed E-state index contributed by atoms with van der Waals surface area (Å²) in [7, 11) is 6.61. The Bertz CT molecular complexity index is 1510. The molecule has 172 valence electrons. The van der Waals surface area contributed by atoms with Gasteiger partial charge in [0.15, 0.2) is 23.0 Å². The first-order valence-electron chi connectivity index (χ1n) is 10.8. The molecule has 2 aromatic heterocycles. The minimum Gasteiger partial charge on any atom is -0.493 e. The maximum absolute atomic E-state index is 5.63. The molecule has 5 nitrogen and oxygen atoms in total. The van der Waals surface area contributed by atoms with Crippen LogP contribution in [0.3, 0.4) is 0 Å². The van der Waals surface area contributed by atoms with E-state index in [1.165, 1.54) is 0 Å². The van der Waals surface area contributed by atoms with Crippen molar-refractivity contribution in [2.24, 2.45) is 0 Å². The minimum atomic E-state index is 0.681. The van der Waals surface area contributed by atoms with E-state index in [2.05, 4.69) is 69.1 Å². The van der Waals surface area contributed by atoms with Crippen LogP contribution in [0.4, 0.5) is 0 Å². The van der Waals surface area contributed by atoms with Gasteiger partial charge in [-0.15, -0.1) is 0 Å². The van der Waals surface area contributed by atoms with Crippen LogP contribution in [0.1, 0.15) is 0 Å². The lowest BCUT2D eigenvalue weighted by Crippen LogP contribution is -1.93. The Morgan fingerprint density at radius 3 is 1.94 bits per heavy atom. The fourth-order valence-electron chi connectivity index (χ4n) is 4.45. The first kappa shape index (κ1) is 22.2. The Morgan fingerprint density at radius 1 is 0.647 bits per heavy atom. The van der Waals surface area contributed by atoms with Crippen molar-refractivity contribution in [1.82, 2.24) is 4.40 Å². The average molecular weight is 518 g/mol. The van der Waals surface area contributed by atoms with Crippen LogP contribution in [-0.2, 0) is 0 Å². The van der Waals surface area contributed by atoms with Crippen LogP contribution in [0, 0.1) is 0 Å². The molecule has 0 fully saturated rings. The van der Waals surface area contributed by atoms with Gasteiger partial charge in [-0.05, 0) is 59.0 Å². The molecule has 6 heteroatoms. The zero-order valence-electron chi connectivity index (χ0n) is 19.4. The van der Waals surface area contributed by atoms with E-state index in [0.717, 1.165) is 43.0 Å². The summed E-state index contributed by atoms with van der Waals surface area (Å²) in [6.45, 7) is 0. The molecule has 5 aromatic rings. The largest absolute Gasteiger partial charge is 0.493 e. The molecule has 0 bridgehead atoms. The second kappa shape index (κ2) is 8.95. The number of rotatable bonds is 6. The molecule has 0 unspecified atom stereocenters. The molecular weight excluding hydrogens is 494 g/mol. The number of fused-ring (bicyclic) bond motifs is 3. The predicted molar refractivity (Wildman–Crippen MR) is 140 cm³/mol. The number of hydrogen-bond acceptors (Lipinski definition) is 4. The molecule has 34 heavy (non-hydrogen) atoms. The molecule has 0 amide bonds. The Labute approximate surface area is 206 Å². The summed E-state index contributed by atoms with van der Waals surface area (Å²) in [6, 6.07) is 20.5. The molecule has 0 N–H and O–H groups in total. The van der Waals surface area contributed by atoms with Crippen molar-refractivity contribution in [3.05, 3.63) is 77.5 Å². The van der Waals surface area contributed by atoms with Crippen molar-refractivity contribution < 1.29 is 18.9 Å². The highest BCUT2D eigenvalue weighted by Gasteiger charge is 2.20. The fraction of sp³-hybridized carbons (Fsp3) is 0.143.